The number of ether oxygens (including phenoxy) is 1. The number of benzene rings is 2. The lowest BCUT2D eigenvalue weighted by molar-refractivity contribution is -0.139. The third kappa shape index (κ3) is 13.3. The quantitative estimate of drug-likeness (QED) is 0.133. The van der Waals surface area contributed by atoms with Gasteiger partial charge in [0, 0.05) is 54.8 Å². The van der Waals surface area contributed by atoms with Crippen LogP contribution in [0.3, 0.4) is 0 Å². The first-order valence-corrected chi connectivity index (χ1v) is 20.1. The van der Waals surface area contributed by atoms with E-state index in [1.54, 1.807) is 12.3 Å². The summed E-state index contributed by atoms with van der Waals surface area (Å²) in [4.78, 5) is 51.4. The zero-order valence-electron chi connectivity index (χ0n) is 30.8. The number of carbonyl (C=O) groups excluding carboxylic acids is 3. The SMILES string of the molecule is CC(C)(C)[C@H](c1cc(-c2cc(F)ccc2F)cn1Cc1ccccc1)N(CC[C@@H](CNC(=O)CCC(=O)O)NC(=O)OCCS(C)(C)C)C(=O)CO. The summed E-state index contributed by atoms with van der Waals surface area (Å²) in [7, 11) is -0.930. The van der Waals surface area contributed by atoms with Gasteiger partial charge in [-0.05, 0) is 60.4 Å². The zero-order valence-corrected chi connectivity index (χ0v) is 31.6. The second-order valence-corrected chi connectivity index (χ2v) is 19.3. The Hall–Kier alpha value is -4.43. The minimum absolute atomic E-state index is 0.00356. The lowest BCUT2D eigenvalue weighted by Gasteiger charge is -2.41. The molecule has 0 aliphatic heterocycles. The van der Waals surface area contributed by atoms with Gasteiger partial charge in [0.1, 0.15) is 24.8 Å². The predicted molar refractivity (Wildman–Crippen MR) is 199 cm³/mol. The Labute approximate surface area is 306 Å². The summed E-state index contributed by atoms with van der Waals surface area (Å²) >= 11 is 0. The normalized spacial score (nSPS) is 13.2. The Morgan fingerprint density at radius 1 is 1.00 bits per heavy atom. The monoisotopic (exact) mass is 746 g/mol. The van der Waals surface area contributed by atoms with E-state index in [2.05, 4.69) is 29.4 Å². The van der Waals surface area contributed by atoms with Gasteiger partial charge in [-0.3, -0.25) is 14.4 Å². The van der Waals surface area contributed by atoms with Gasteiger partial charge in [0.25, 0.3) is 0 Å². The lowest BCUT2D eigenvalue weighted by atomic mass is 9.82. The van der Waals surface area contributed by atoms with Crippen molar-refractivity contribution in [2.24, 2.45) is 5.41 Å². The van der Waals surface area contributed by atoms with Crippen LogP contribution in [0.5, 0.6) is 0 Å². The molecule has 0 saturated heterocycles. The van der Waals surface area contributed by atoms with Crippen LogP contribution in [0.1, 0.15) is 57.3 Å². The van der Waals surface area contributed by atoms with Gasteiger partial charge in [0.05, 0.1) is 18.5 Å². The molecule has 14 heteroatoms. The minimum Gasteiger partial charge on any atom is -0.481 e. The minimum atomic E-state index is -1.12. The van der Waals surface area contributed by atoms with E-state index in [0.717, 1.165) is 23.8 Å². The number of aromatic nitrogens is 1. The molecule has 0 unspecified atom stereocenters. The Morgan fingerprint density at radius 3 is 2.31 bits per heavy atom. The lowest BCUT2D eigenvalue weighted by Crippen LogP contribution is -2.48. The number of rotatable bonds is 18. The van der Waals surface area contributed by atoms with Crippen molar-refractivity contribution in [1.29, 1.82) is 0 Å². The molecule has 0 spiro atoms. The van der Waals surface area contributed by atoms with Crippen molar-refractivity contribution in [2.75, 3.05) is 50.8 Å². The summed E-state index contributed by atoms with van der Waals surface area (Å²) in [6.45, 7) is 5.40. The smallest absolute Gasteiger partial charge is 0.407 e. The first-order chi connectivity index (χ1) is 24.4. The van der Waals surface area contributed by atoms with Crippen molar-refractivity contribution < 1.29 is 42.9 Å². The van der Waals surface area contributed by atoms with Crippen LogP contribution in [-0.2, 0) is 25.7 Å². The molecule has 52 heavy (non-hydrogen) atoms. The second kappa shape index (κ2) is 18.9. The number of alkyl carbamates (subject to hydrolysis) is 1. The molecule has 0 saturated carbocycles. The highest BCUT2D eigenvalue weighted by atomic mass is 32.3. The van der Waals surface area contributed by atoms with Crippen LogP contribution in [0.4, 0.5) is 13.6 Å². The fraction of sp³-hybridized carbons (Fsp3) is 0.474. The molecular weight excluding hydrogens is 695 g/mol. The van der Waals surface area contributed by atoms with Gasteiger partial charge >= 0.3 is 12.1 Å². The molecule has 2 atom stereocenters. The number of hydrogen-bond acceptors (Lipinski definition) is 6. The van der Waals surface area contributed by atoms with E-state index >= 15 is 4.39 Å². The maximum Gasteiger partial charge on any atom is 0.407 e. The molecule has 4 N–H and O–H groups in total. The van der Waals surface area contributed by atoms with Crippen LogP contribution in [0.2, 0.25) is 0 Å². The van der Waals surface area contributed by atoms with E-state index in [1.807, 2.05) is 55.7 Å². The molecule has 286 valence electrons. The summed E-state index contributed by atoms with van der Waals surface area (Å²) in [5.74, 6) is -2.79. The number of aliphatic hydroxyl groups excluding tert-OH is 1. The molecule has 0 bridgehead atoms. The molecule has 3 aromatic rings. The van der Waals surface area contributed by atoms with E-state index in [1.165, 1.54) is 4.90 Å². The number of carboxylic acids is 1. The van der Waals surface area contributed by atoms with Crippen LogP contribution in [0.25, 0.3) is 11.1 Å². The van der Waals surface area contributed by atoms with Crippen molar-refractivity contribution in [2.45, 2.75) is 58.7 Å². The molecule has 1 aromatic heterocycles. The highest BCUT2D eigenvalue weighted by Gasteiger charge is 2.37. The van der Waals surface area contributed by atoms with Gasteiger partial charge in [-0.1, -0.05) is 51.1 Å². The fourth-order valence-electron chi connectivity index (χ4n) is 5.76. The topological polar surface area (TPSA) is 150 Å². The van der Waals surface area contributed by atoms with E-state index in [-0.39, 0.29) is 44.5 Å². The number of aliphatic carboxylic acids is 1. The average Bonchev–Trinajstić information content (AvgIpc) is 3.46. The Morgan fingerprint density at radius 2 is 1.69 bits per heavy atom. The molecule has 3 rings (SSSR count). The highest BCUT2D eigenvalue weighted by Crippen LogP contribution is 2.41. The predicted octanol–water partition coefficient (Wildman–Crippen LogP) is 5.55. The number of aliphatic hydroxyl groups is 1. The van der Waals surface area contributed by atoms with Gasteiger partial charge in [-0.15, -0.1) is 0 Å². The molecule has 11 nitrogen and oxygen atoms in total. The molecule has 2 aromatic carbocycles. The van der Waals surface area contributed by atoms with Crippen LogP contribution >= 0.6 is 10.0 Å². The molecule has 0 aliphatic carbocycles. The third-order valence-electron chi connectivity index (χ3n) is 8.31. The number of hydrogen-bond donors (Lipinski definition) is 4. The van der Waals surface area contributed by atoms with Crippen LogP contribution in [0.15, 0.2) is 60.8 Å². The maximum absolute atomic E-state index is 15.1. The molecule has 0 aliphatic rings. The van der Waals surface area contributed by atoms with E-state index in [9.17, 15) is 28.7 Å². The van der Waals surface area contributed by atoms with E-state index in [4.69, 9.17) is 9.84 Å². The third-order valence-corrected chi connectivity index (χ3v) is 9.71. The first kappa shape index (κ1) is 42.0. The Kier molecular flexibility index (Phi) is 15.2. The van der Waals surface area contributed by atoms with Crippen molar-refractivity contribution in [3.05, 3.63) is 83.7 Å². The van der Waals surface area contributed by atoms with Crippen molar-refractivity contribution in [3.63, 3.8) is 0 Å². The number of halogens is 2. The summed E-state index contributed by atoms with van der Waals surface area (Å²) in [5.41, 5.74) is 1.31. The molecule has 0 radical (unpaired) electrons. The summed E-state index contributed by atoms with van der Waals surface area (Å²) < 4.78 is 36.7. The van der Waals surface area contributed by atoms with E-state index in [0.29, 0.717) is 23.6 Å². The van der Waals surface area contributed by atoms with Crippen LogP contribution in [0, 0.1) is 17.0 Å². The van der Waals surface area contributed by atoms with Crippen molar-refractivity contribution in [3.8, 4) is 11.1 Å². The van der Waals surface area contributed by atoms with Crippen LogP contribution in [-0.4, -0.2) is 100 Å². The zero-order chi connectivity index (χ0) is 38.6. The number of carbonyl (C=O) groups is 4. The molecular formula is C38H52F2N4O7S. The number of nitrogens with one attached hydrogen (secondary N) is 2. The maximum atomic E-state index is 15.1. The van der Waals surface area contributed by atoms with E-state index < -0.39 is 69.6 Å². The van der Waals surface area contributed by atoms with Gasteiger partial charge in [0.2, 0.25) is 11.8 Å². The second-order valence-electron chi connectivity index (χ2n) is 14.7. The van der Waals surface area contributed by atoms with Gasteiger partial charge in [-0.2, -0.15) is 0 Å². The summed E-state index contributed by atoms with van der Waals surface area (Å²) in [5, 5.41) is 24.6. The summed E-state index contributed by atoms with van der Waals surface area (Å²) in [6, 6.07) is 13.0. The largest absolute Gasteiger partial charge is 0.481 e. The van der Waals surface area contributed by atoms with Gasteiger partial charge in [-0.25, -0.2) is 23.6 Å². The fourth-order valence-corrected chi connectivity index (χ4v) is 6.34. The Bertz CT molecular complexity index is 1670. The van der Waals surface area contributed by atoms with Gasteiger partial charge < -0.3 is 35.1 Å². The highest BCUT2D eigenvalue weighted by molar-refractivity contribution is 8.32. The summed E-state index contributed by atoms with van der Waals surface area (Å²) in [6.07, 6.45) is 6.78. The van der Waals surface area contributed by atoms with Crippen LogP contribution < -0.4 is 10.6 Å². The van der Waals surface area contributed by atoms with Crippen molar-refractivity contribution in [1.82, 2.24) is 20.1 Å². The Balaban J connectivity index is 2.01. The number of nitrogens with zero attached hydrogens (tertiary/aromatic N) is 2. The number of amides is 3. The standard InChI is InChI=1S/C38H52F2N4O7S/c1-38(2,3)36(32-20-27(30-21-28(39)12-13-31(30)40)24-43(32)23-26-10-8-7-9-11-26)44(34(47)25-45)17-16-29(22-41-33(46)14-15-35(48)49)42-37(50)51-18-19-52(4,5)6/h7-13,20-21,24,29,36,45H,14-19,22-23,25H2,1-6H3,(H,41,46)(H,42,50)(H,48,49)/t29-,36-/m0/s1. The molecule has 0 fully saturated rings. The van der Waals surface area contributed by atoms with Crippen molar-refractivity contribution >= 4 is 33.9 Å². The molecule has 3 amide bonds. The average molecular weight is 747 g/mol. The van der Waals surface area contributed by atoms with Gasteiger partial charge in [0.15, 0.2) is 0 Å². The number of carboxylic acid groups (broad SMARTS) is 1. The first-order valence-electron chi connectivity index (χ1n) is 17.1. The molecule has 1 heterocycles.